The maximum absolute atomic E-state index is 12.9. The summed E-state index contributed by atoms with van der Waals surface area (Å²) < 4.78 is 54.5. The normalized spacial score (nSPS) is 13.2. The Kier molecular flexibility index (Phi) is 3.50. The van der Waals surface area contributed by atoms with Gasteiger partial charge >= 0.3 is 6.18 Å². The molecular formula is C10H7F4NO. The second kappa shape index (κ2) is 4.49. The maximum atomic E-state index is 12.9. The predicted octanol–water partition coefficient (Wildman–Crippen LogP) is 3.06. The van der Waals surface area contributed by atoms with Crippen molar-refractivity contribution in [1.29, 1.82) is 5.26 Å². The van der Waals surface area contributed by atoms with Crippen molar-refractivity contribution in [2.45, 2.75) is 12.3 Å². The maximum Gasteiger partial charge on any atom is 0.416 e. The molecule has 0 saturated carbocycles. The number of nitrogens with zero attached hydrogens (tertiary/aromatic N) is 1. The summed E-state index contributed by atoms with van der Waals surface area (Å²) in [6.07, 6.45) is -5.86. The summed E-state index contributed by atoms with van der Waals surface area (Å²) in [7, 11) is 1.16. The topological polar surface area (TPSA) is 33.0 Å². The minimum absolute atomic E-state index is 0.155. The number of alkyl halides is 3. The highest BCUT2D eigenvalue weighted by Crippen LogP contribution is 2.32. The molecule has 6 heteroatoms. The summed E-state index contributed by atoms with van der Waals surface area (Å²) in [5.41, 5.74) is -1.29. The van der Waals surface area contributed by atoms with E-state index in [0.717, 1.165) is 13.2 Å². The largest absolute Gasteiger partial charge is 0.416 e. The Hall–Kier alpha value is -1.61. The third kappa shape index (κ3) is 2.70. The van der Waals surface area contributed by atoms with Crippen molar-refractivity contribution in [3.05, 3.63) is 35.1 Å². The van der Waals surface area contributed by atoms with E-state index in [1.54, 1.807) is 6.07 Å². The Balaban J connectivity index is 3.24. The summed E-state index contributed by atoms with van der Waals surface area (Å²) in [6.45, 7) is 0. The van der Waals surface area contributed by atoms with Gasteiger partial charge in [-0.25, -0.2) is 4.39 Å². The standard InChI is InChI=1S/C10H7F4NO/c1-16-9(5-15)6-2-7(10(12,13)14)4-8(11)3-6/h2-4,9H,1H3. The Morgan fingerprint density at radius 2 is 1.94 bits per heavy atom. The molecule has 0 N–H and O–H groups in total. The Bertz CT molecular complexity index is 422. The number of nitriles is 1. The number of methoxy groups -OCH3 is 1. The number of hydrogen-bond donors (Lipinski definition) is 0. The van der Waals surface area contributed by atoms with Gasteiger partial charge in [-0.15, -0.1) is 0 Å². The molecule has 1 aromatic rings. The molecule has 0 amide bonds. The second-order valence-corrected chi connectivity index (χ2v) is 3.02. The third-order valence-corrected chi connectivity index (χ3v) is 1.90. The van der Waals surface area contributed by atoms with Gasteiger partial charge in [-0.1, -0.05) is 0 Å². The molecule has 2 nitrogen and oxygen atoms in total. The molecule has 1 rings (SSSR count). The van der Waals surface area contributed by atoms with Gasteiger partial charge in [0.15, 0.2) is 6.10 Å². The van der Waals surface area contributed by atoms with Gasteiger partial charge in [0, 0.05) is 7.11 Å². The molecule has 1 atom stereocenters. The first-order valence-corrected chi connectivity index (χ1v) is 4.18. The van der Waals surface area contributed by atoms with Crippen LogP contribution in [0.4, 0.5) is 17.6 Å². The van der Waals surface area contributed by atoms with Gasteiger partial charge in [0.2, 0.25) is 0 Å². The Morgan fingerprint density at radius 1 is 1.31 bits per heavy atom. The summed E-state index contributed by atoms with van der Waals surface area (Å²) in [5, 5.41) is 8.59. The van der Waals surface area contributed by atoms with Crippen molar-refractivity contribution >= 4 is 0 Å². The van der Waals surface area contributed by atoms with E-state index < -0.39 is 23.7 Å². The highest BCUT2D eigenvalue weighted by Gasteiger charge is 2.32. The average molecular weight is 233 g/mol. The van der Waals surface area contributed by atoms with Crippen LogP contribution in [0.25, 0.3) is 0 Å². The number of benzene rings is 1. The lowest BCUT2D eigenvalue weighted by atomic mass is 10.1. The van der Waals surface area contributed by atoms with E-state index in [0.29, 0.717) is 12.1 Å². The molecule has 86 valence electrons. The van der Waals surface area contributed by atoms with Gasteiger partial charge in [0.05, 0.1) is 11.6 Å². The molecule has 0 aliphatic carbocycles. The van der Waals surface area contributed by atoms with E-state index in [1.165, 1.54) is 0 Å². The predicted molar refractivity (Wildman–Crippen MR) is 46.8 cm³/mol. The molecule has 0 fully saturated rings. The van der Waals surface area contributed by atoms with Gasteiger partial charge in [-0.05, 0) is 23.8 Å². The van der Waals surface area contributed by atoms with Crippen LogP contribution in [0, 0.1) is 17.1 Å². The van der Waals surface area contributed by atoms with Crippen molar-refractivity contribution in [1.82, 2.24) is 0 Å². The van der Waals surface area contributed by atoms with Crippen molar-refractivity contribution in [3.8, 4) is 6.07 Å². The van der Waals surface area contributed by atoms with E-state index in [2.05, 4.69) is 4.74 Å². The minimum Gasteiger partial charge on any atom is -0.362 e. The molecule has 0 aliphatic rings. The molecule has 0 spiro atoms. The van der Waals surface area contributed by atoms with Crippen LogP contribution >= 0.6 is 0 Å². The van der Waals surface area contributed by atoms with Crippen molar-refractivity contribution in [2.75, 3.05) is 7.11 Å². The minimum atomic E-state index is -4.65. The Morgan fingerprint density at radius 3 is 2.38 bits per heavy atom. The molecule has 0 bridgehead atoms. The van der Waals surface area contributed by atoms with Crippen molar-refractivity contribution in [3.63, 3.8) is 0 Å². The van der Waals surface area contributed by atoms with Crippen LogP contribution in [0.1, 0.15) is 17.2 Å². The number of halogens is 4. The number of hydrogen-bond acceptors (Lipinski definition) is 2. The van der Waals surface area contributed by atoms with E-state index in [9.17, 15) is 17.6 Å². The van der Waals surface area contributed by atoms with Gasteiger partial charge in [0.25, 0.3) is 0 Å². The molecule has 0 radical (unpaired) electrons. The first-order valence-electron chi connectivity index (χ1n) is 4.18. The van der Waals surface area contributed by atoms with Crippen LogP contribution in [0.2, 0.25) is 0 Å². The number of ether oxygens (including phenoxy) is 1. The molecule has 1 unspecified atom stereocenters. The smallest absolute Gasteiger partial charge is 0.362 e. The summed E-state index contributed by atoms with van der Waals surface area (Å²) in [6, 6.07) is 3.52. The molecule has 0 aromatic heterocycles. The van der Waals surface area contributed by atoms with Crippen LogP contribution in [0.5, 0.6) is 0 Å². The fourth-order valence-corrected chi connectivity index (χ4v) is 1.19. The lowest BCUT2D eigenvalue weighted by molar-refractivity contribution is -0.137. The van der Waals surface area contributed by atoms with Gasteiger partial charge in [-0.3, -0.25) is 0 Å². The zero-order valence-electron chi connectivity index (χ0n) is 8.18. The molecule has 0 aliphatic heterocycles. The highest BCUT2D eigenvalue weighted by molar-refractivity contribution is 5.30. The number of rotatable bonds is 2. The van der Waals surface area contributed by atoms with Crippen molar-refractivity contribution < 1.29 is 22.3 Å². The molecule has 0 heterocycles. The van der Waals surface area contributed by atoms with Crippen LogP contribution in [0.3, 0.4) is 0 Å². The average Bonchev–Trinajstić information content (AvgIpc) is 2.17. The van der Waals surface area contributed by atoms with E-state index in [4.69, 9.17) is 5.26 Å². The van der Waals surface area contributed by atoms with E-state index in [-0.39, 0.29) is 5.56 Å². The third-order valence-electron chi connectivity index (χ3n) is 1.90. The van der Waals surface area contributed by atoms with E-state index in [1.807, 2.05) is 0 Å². The summed E-state index contributed by atoms with van der Waals surface area (Å²) in [4.78, 5) is 0. The molecule has 1 aromatic carbocycles. The van der Waals surface area contributed by atoms with Crippen LogP contribution in [-0.4, -0.2) is 7.11 Å². The zero-order valence-corrected chi connectivity index (χ0v) is 8.18. The first kappa shape index (κ1) is 12.5. The first-order chi connectivity index (χ1) is 7.38. The lowest BCUT2D eigenvalue weighted by Crippen LogP contribution is -2.08. The second-order valence-electron chi connectivity index (χ2n) is 3.02. The monoisotopic (exact) mass is 233 g/mol. The van der Waals surface area contributed by atoms with Gasteiger partial charge in [0.1, 0.15) is 5.82 Å². The van der Waals surface area contributed by atoms with Crippen LogP contribution in [-0.2, 0) is 10.9 Å². The van der Waals surface area contributed by atoms with Crippen molar-refractivity contribution in [2.24, 2.45) is 0 Å². The fraction of sp³-hybridized carbons (Fsp3) is 0.300. The SMILES string of the molecule is COC(C#N)c1cc(F)cc(C(F)(F)F)c1. The molecular weight excluding hydrogens is 226 g/mol. The quantitative estimate of drug-likeness (QED) is 0.735. The van der Waals surface area contributed by atoms with E-state index >= 15 is 0 Å². The van der Waals surface area contributed by atoms with Crippen LogP contribution in [0.15, 0.2) is 18.2 Å². The van der Waals surface area contributed by atoms with Crippen LogP contribution < -0.4 is 0 Å². The zero-order chi connectivity index (χ0) is 12.3. The Labute approximate surface area is 89.1 Å². The summed E-state index contributed by atoms with van der Waals surface area (Å²) >= 11 is 0. The van der Waals surface area contributed by atoms with Gasteiger partial charge < -0.3 is 4.74 Å². The summed E-state index contributed by atoms with van der Waals surface area (Å²) in [5.74, 6) is -1.05. The lowest BCUT2D eigenvalue weighted by Gasteiger charge is -2.11. The highest BCUT2D eigenvalue weighted by atomic mass is 19.4. The molecule has 16 heavy (non-hydrogen) atoms. The fourth-order valence-electron chi connectivity index (χ4n) is 1.19. The van der Waals surface area contributed by atoms with Gasteiger partial charge in [-0.2, -0.15) is 18.4 Å². The molecule has 0 saturated heterocycles.